The van der Waals surface area contributed by atoms with Crippen molar-refractivity contribution in [1.82, 2.24) is 10.2 Å². The number of benzene rings is 1. The molecule has 2 atom stereocenters. The molecular weight excluding hydrogens is 223 g/mol. The lowest BCUT2D eigenvalue weighted by Crippen LogP contribution is -2.45. The summed E-state index contributed by atoms with van der Waals surface area (Å²) in [6.45, 7) is 0. The highest BCUT2D eigenvalue weighted by molar-refractivity contribution is 5.74. The van der Waals surface area contributed by atoms with Gasteiger partial charge >= 0.3 is 5.97 Å². The Balaban J connectivity index is 3.12. The number of hydrogen-bond donors (Lipinski definition) is 2. The normalized spacial score (nSPS) is 14.6. The summed E-state index contributed by atoms with van der Waals surface area (Å²) in [5.41, 5.74) is 0.636. The van der Waals surface area contributed by atoms with E-state index in [4.69, 9.17) is 5.11 Å². The van der Waals surface area contributed by atoms with Crippen LogP contribution in [0, 0.1) is 5.82 Å². The minimum atomic E-state index is -0.963. The SMILES string of the molecule is CNC(C(=O)O)C(c1cccc(F)c1)N(C)C. The van der Waals surface area contributed by atoms with E-state index < -0.39 is 18.1 Å². The molecule has 17 heavy (non-hydrogen) atoms. The molecule has 0 spiro atoms. The Labute approximate surface area is 100 Å². The van der Waals surface area contributed by atoms with Crippen molar-refractivity contribution in [2.24, 2.45) is 0 Å². The smallest absolute Gasteiger partial charge is 0.322 e. The predicted octanol–water partition coefficient (Wildman–Crippen LogP) is 1.10. The minimum Gasteiger partial charge on any atom is -0.480 e. The van der Waals surface area contributed by atoms with E-state index >= 15 is 0 Å². The van der Waals surface area contributed by atoms with Crippen molar-refractivity contribution >= 4 is 5.97 Å². The average Bonchev–Trinajstić information content (AvgIpc) is 2.24. The number of nitrogens with one attached hydrogen (secondary N) is 1. The van der Waals surface area contributed by atoms with Crippen LogP contribution in [0.5, 0.6) is 0 Å². The van der Waals surface area contributed by atoms with Gasteiger partial charge in [-0.1, -0.05) is 12.1 Å². The van der Waals surface area contributed by atoms with Crippen molar-refractivity contribution in [3.8, 4) is 0 Å². The zero-order chi connectivity index (χ0) is 13.0. The molecular formula is C12H17FN2O2. The van der Waals surface area contributed by atoms with Gasteiger partial charge in [0.05, 0.1) is 6.04 Å². The molecule has 1 aromatic rings. The van der Waals surface area contributed by atoms with Crippen molar-refractivity contribution < 1.29 is 14.3 Å². The standard InChI is InChI=1S/C12H17FN2O2/c1-14-10(12(16)17)11(15(2)3)8-5-4-6-9(13)7-8/h4-7,10-11,14H,1-3H3,(H,16,17). The highest BCUT2D eigenvalue weighted by Crippen LogP contribution is 2.22. The van der Waals surface area contributed by atoms with Crippen LogP contribution in [0.4, 0.5) is 4.39 Å². The maximum atomic E-state index is 13.2. The summed E-state index contributed by atoms with van der Waals surface area (Å²) in [6, 6.07) is 4.79. The summed E-state index contributed by atoms with van der Waals surface area (Å²) in [5, 5.41) is 11.9. The molecule has 0 aliphatic heterocycles. The summed E-state index contributed by atoms with van der Waals surface area (Å²) in [7, 11) is 5.11. The first-order valence-corrected chi connectivity index (χ1v) is 5.29. The molecule has 0 aromatic heterocycles. The minimum absolute atomic E-state index is 0.366. The lowest BCUT2D eigenvalue weighted by Gasteiger charge is -2.30. The molecule has 0 saturated carbocycles. The number of likely N-dealkylation sites (N-methyl/N-ethyl adjacent to an activating group) is 2. The number of nitrogens with zero attached hydrogens (tertiary/aromatic N) is 1. The van der Waals surface area contributed by atoms with Gasteiger partial charge in [0.15, 0.2) is 0 Å². The van der Waals surface area contributed by atoms with Crippen LogP contribution in [0.2, 0.25) is 0 Å². The lowest BCUT2D eigenvalue weighted by atomic mass is 9.98. The van der Waals surface area contributed by atoms with E-state index in [1.54, 1.807) is 38.2 Å². The van der Waals surface area contributed by atoms with Gasteiger partial charge in [-0.25, -0.2) is 4.39 Å². The highest BCUT2D eigenvalue weighted by Gasteiger charge is 2.29. The van der Waals surface area contributed by atoms with Gasteiger partial charge in [-0.05, 0) is 38.8 Å². The van der Waals surface area contributed by atoms with E-state index in [0.717, 1.165) is 0 Å². The Morgan fingerprint density at radius 3 is 2.53 bits per heavy atom. The Hall–Kier alpha value is -1.46. The predicted molar refractivity (Wildman–Crippen MR) is 63.3 cm³/mol. The molecule has 2 unspecified atom stereocenters. The molecule has 2 N–H and O–H groups in total. The van der Waals surface area contributed by atoms with E-state index in [2.05, 4.69) is 5.32 Å². The van der Waals surface area contributed by atoms with E-state index in [1.165, 1.54) is 12.1 Å². The summed E-state index contributed by atoms with van der Waals surface area (Å²) in [6.07, 6.45) is 0. The Morgan fingerprint density at radius 2 is 2.12 bits per heavy atom. The lowest BCUT2D eigenvalue weighted by molar-refractivity contribution is -0.141. The fourth-order valence-electron chi connectivity index (χ4n) is 1.90. The van der Waals surface area contributed by atoms with E-state index in [-0.39, 0.29) is 5.82 Å². The van der Waals surface area contributed by atoms with Crippen LogP contribution in [0.25, 0.3) is 0 Å². The molecule has 1 rings (SSSR count). The number of carboxylic acid groups (broad SMARTS) is 1. The molecule has 0 heterocycles. The molecule has 0 aliphatic carbocycles. The van der Waals surface area contributed by atoms with Crippen LogP contribution >= 0.6 is 0 Å². The summed E-state index contributed by atoms with van der Waals surface area (Å²) >= 11 is 0. The molecule has 0 radical (unpaired) electrons. The van der Waals surface area contributed by atoms with Gasteiger partial charge in [-0.15, -0.1) is 0 Å². The third-order valence-corrected chi connectivity index (χ3v) is 2.64. The second kappa shape index (κ2) is 5.75. The second-order valence-electron chi connectivity index (χ2n) is 4.07. The van der Waals surface area contributed by atoms with Crippen LogP contribution in [0.1, 0.15) is 11.6 Å². The zero-order valence-corrected chi connectivity index (χ0v) is 10.1. The van der Waals surface area contributed by atoms with Crippen molar-refractivity contribution in [3.05, 3.63) is 35.6 Å². The van der Waals surface area contributed by atoms with E-state index in [1.807, 2.05) is 0 Å². The number of halogens is 1. The average molecular weight is 240 g/mol. The van der Waals surface area contributed by atoms with E-state index in [0.29, 0.717) is 5.56 Å². The molecule has 0 bridgehead atoms. The summed E-state index contributed by atoms with van der Waals surface area (Å²) in [4.78, 5) is 12.9. The third kappa shape index (κ3) is 3.25. The van der Waals surface area contributed by atoms with Gasteiger partial charge in [0, 0.05) is 0 Å². The van der Waals surface area contributed by atoms with Gasteiger partial charge in [0.2, 0.25) is 0 Å². The maximum Gasteiger partial charge on any atom is 0.322 e. The monoisotopic (exact) mass is 240 g/mol. The van der Waals surface area contributed by atoms with Gasteiger partial charge < -0.3 is 15.3 Å². The van der Waals surface area contributed by atoms with Gasteiger partial charge in [-0.2, -0.15) is 0 Å². The molecule has 4 nitrogen and oxygen atoms in total. The molecule has 0 saturated heterocycles. The first-order chi connectivity index (χ1) is 7.97. The van der Waals surface area contributed by atoms with Crippen LogP contribution in [0.3, 0.4) is 0 Å². The highest BCUT2D eigenvalue weighted by atomic mass is 19.1. The molecule has 0 amide bonds. The first-order valence-electron chi connectivity index (χ1n) is 5.29. The zero-order valence-electron chi connectivity index (χ0n) is 10.1. The van der Waals surface area contributed by atoms with Crippen molar-refractivity contribution in [2.75, 3.05) is 21.1 Å². The number of rotatable bonds is 5. The Bertz CT molecular complexity index is 396. The third-order valence-electron chi connectivity index (χ3n) is 2.64. The molecule has 1 aromatic carbocycles. The van der Waals surface area contributed by atoms with Crippen LogP contribution < -0.4 is 5.32 Å². The van der Waals surface area contributed by atoms with Crippen molar-refractivity contribution in [3.63, 3.8) is 0 Å². The summed E-state index contributed by atoms with van der Waals surface area (Å²) < 4.78 is 13.2. The number of carbonyl (C=O) groups is 1. The number of hydrogen-bond acceptors (Lipinski definition) is 3. The topological polar surface area (TPSA) is 52.6 Å². The fraction of sp³-hybridized carbons (Fsp3) is 0.417. The maximum absolute atomic E-state index is 13.2. The molecule has 5 heteroatoms. The Kier molecular flexibility index (Phi) is 4.60. The van der Waals surface area contributed by atoms with Crippen LogP contribution in [-0.2, 0) is 4.79 Å². The molecule has 94 valence electrons. The van der Waals surface area contributed by atoms with Crippen LogP contribution in [0.15, 0.2) is 24.3 Å². The fourth-order valence-corrected chi connectivity index (χ4v) is 1.90. The van der Waals surface area contributed by atoms with Gasteiger partial charge in [0.25, 0.3) is 0 Å². The quantitative estimate of drug-likeness (QED) is 0.809. The number of carboxylic acids is 1. The van der Waals surface area contributed by atoms with Crippen molar-refractivity contribution in [2.45, 2.75) is 12.1 Å². The molecule has 0 aliphatic rings. The summed E-state index contributed by atoms with van der Waals surface area (Å²) in [5.74, 6) is -1.33. The second-order valence-corrected chi connectivity index (χ2v) is 4.07. The van der Waals surface area contributed by atoms with Gasteiger partial charge in [0.1, 0.15) is 11.9 Å². The molecule has 0 fully saturated rings. The van der Waals surface area contributed by atoms with E-state index in [9.17, 15) is 9.18 Å². The largest absolute Gasteiger partial charge is 0.480 e. The van der Waals surface area contributed by atoms with Crippen molar-refractivity contribution in [1.29, 1.82) is 0 Å². The van der Waals surface area contributed by atoms with Crippen LogP contribution in [-0.4, -0.2) is 43.2 Å². The Morgan fingerprint density at radius 1 is 1.47 bits per heavy atom. The van der Waals surface area contributed by atoms with Gasteiger partial charge in [-0.3, -0.25) is 4.79 Å². The first kappa shape index (κ1) is 13.6. The number of aliphatic carboxylic acids is 1.